The molecule has 3 heterocycles. The maximum absolute atomic E-state index is 12.8. The van der Waals surface area contributed by atoms with Crippen LogP contribution in [0, 0.1) is 0 Å². The molecule has 0 spiro atoms. The summed E-state index contributed by atoms with van der Waals surface area (Å²) in [6, 6.07) is 10.8. The zero-order valence-corrected chi connectivity index (χ0v) is 13.8. The van der Waals surface area contributed by atoms with Crippen molar-refractivity contribution in [1.82, 2.24) is 9.96 Å². The van der Waals surface area contributed by atoms with Crippen molar-refractivity contribution in [2.45, 2.75) is 25.1 Å². The van der Waals surface area contributed by atoms with Gasteiger partial charge in [0.05, 0.1) is 6.54 Å². The van der Waals surface area contributed by atoms with Crippen LogP contribution in [0.2, 0.25) is 0 Å². The Kier molecular flexibility index (Phi) is 3.36. The molecule has 1 N–H and O–H groups in total. The highest BCUT2D eigenvalue weighted by molar-refractivity contribution is 7.10. The third-order valence-electron chi connectivity index (χ3n) is 4.72. The molecule has 2 atom stereocenters. The van der Waals surface area contributed by atoms with E-state index in [4.69, 9.17) is 4.84 Å². The van der Waals surface area contributed by atoms with Crippen molar-refractivity contribution in [2.75, 3.05) is 6.54 Å². The minimum Gasteiger partial charge on any atom is -0.479 e. The lowest BCUT2D eigenvalue weighted by molar-refractivity contribution is -0.149. The number of fused-ring (bicyclic) bond motifs is 4. The van der Waals surface area contributed by atoms with Crippen molar-refractivity contribution >= 4 is 23.3 Å². The largest absolute Gasteiger partial charge is 0.479 e. The Hall–Kier alpha value is -2.38. The Labute approximate surface area is 142 Å². The summed E-state index contributed by atoms with van der Waals surface area (Å²) in [6.45, 7) is 2.17. The lowest BCUT2D eigenvalue weighted by Gasteiger charge is -2.36. The van der Waals surface area contributed by atoms with Gasteiger partial charge in [-0.25, -0.2) is 9.59 Å². The molecule has 1 saturated heterocycles. The summed E-state index contributed by atoms with van der Waals surface area (Å²) >= 11 is 1.37. The summed E-state index contributed by atoms with van der Waals surface area (Å²) in [5.74, 6) is -1.03. The van der Waals surface area contributed by atoms with Crippen LogP contribution in [0.5, 0.6) is 0 Å². The number of amides is 2. The van der Waals surface area contributed by atoms with Crippen LogP contribution in [0.25, 0.3) is 0 Å². The van der Waals surface area contributed by atoms with Crippen LogP contribution < -0.4 is 0 Å². The number of hydrogen-bond donors (Lipinski definition) is 1. The highest BCUT2D eigenvalue weighted by atomic mass is 32.1. The lowest BCUT2D eigenvalue weighted by atomic mass is 9.89. The summed E-state index contributed by atoms with van der Waals surface area (Å²) < 4.78 is 0. The maximum Gasteiger partial charge on any atom is 0.345 e. The summed E-state index contributed by atoms with van der Waals surface area (Å²) in [7, 11) is 0. The second-order valence-corrected chi connectivity index (χ2v) is 6.99. The molecule has 0 aliphatic carbocycles. The van der Waals surface area contributed by atoms with Crippen molar-refractivity contribution in [3.05, 3.63) is 57.8 Å². The molecule has 124 valence electrons. The van der Waals surface area contributed by atoms with E-state index in [1.807, 2.05) is 41.8 Å². The van der Waals surface area contributed by atoms with Crippen molar-refractivity contribution in [3.63, 3.8) is 0 Å². The molecular weight excluding hydrogens is 328 g/mol. The zero-order chi connectivity index (χ0) is 16.9. The number of carboxylic acids is 1. The Morgan fingerprint density at radius 3 is 2.83 bits per heavy atom. The van der Waals surface area contributed by atoms with Crippen LogP contribution in [0.3, 0.4) is 0 Å². The van der Waals surface area contributed by atoms with Gasteiger partial charge in [-0.2, -0.15) is 5.06 Å². The molecule has 1 aromatic carbocycles. The van der Waals surface area contributed by atoms with Gasteiger partial charge in [0.15, 0.2) is 5.54 Å². The number of hydroxylamine groups is 2. The van der Waals surface area contributed by atoms with Gasteiger partial charge in [0, 0.05) is 4.88 Å². The molecule has 0 radical (unpaired) electrons. The molecule has 2 aliphatic heterocycles. The van der Waals surface area contributed by atoms with Gasteiger partial charge in [0.1, 0.15) is 12.6 Å². The fourth-order valence-electron chi connectivity index (χ4n) is 3.35. The van der Waals surface area contributed by atoms with Crippen LogP contribution in [0.4, 0.5) is 4.79 Å². The van der Waals surface area contributed by atoms with Crippen LogP contribution in [0.1, 0.15) is 29.0 Å². The van der Waals surface area contributed by atoms with E-state index in [-0.39, 0.29) is 12.6 Å². The number of carboxylic acid groups (broad SMARTS) is 1. The van der Waals surface area contributed by atoms with Crippen molar-refractivity contribution in [1.29, 1.82) is 0 Å². The van der Waals surface area contributed by atoms with Gasteiger partial charge in [-0.3, -0.25) is 9.74 Å². The molecule has 2 aromatic rings. The van der Waals surface area contributed by atoms with Crippen LogP contribution >= 0.6 is 11.3 Å². The second-order valence-electron chi connectivity index (χ2n) is 6.08. The molecule has 24 heavy (non-hydrogen) atoms. The molecule has 2 bridgehead atoms. The van der Waals surface area contributed by atoms with Gasteiger partial charge in [0.25, 0.3) is 0 Å². The second kappa shape index (κ2) is 5.32. The molecule has 7 heteroatoms. The maximum atomic E-state index is 12.8. The first kappa shape index (κ1) is 15.2. The molecule has 0 saturated carbocycles. The number of carbonyl (C=O) groups excluding carboxylic acids is 1. The molecule has 1 fully saturated rings. The third kappa shape index (κ3) is 1.98. The van der Waals surface area contributed by atoms with Gasteiger partial charge < -0.3 is 5.11 Å². The Balaban J connectivity index is 1.67. The molecule has 2 aliphatic rings. The number of aliphatic carboxylic acids is 1. The first-order chi connectivity index (χ1) is 11.5. The van der Waals surface area contributed by atoms with Crippen molar-refractivity contribution in [3.8, 4) is 0 Å². The van der Waals surface area contributed by atoms with Gasteiger partial charge in [0.2, 0.25) is 0 Å². The van der Waals surface area contributed by atoms with Crippen molar-refractivity contribution < 1.29 is 19.5 Å². The van der Waals surface area contributed by atoms with E-state index < -0.39 is 17.5 Å². The minimum atomic E-state index is -1.35. The summed E-state index contributed by atoms with van der Waals surface area (Å²) in [5.41, 5.74) is 0.468. The SMILES string of the molecule is C[C@@]1(C(=O)O)c2sccc2[C@H]2CN1C(=O)N2OCc1ccccc1. The highest BCUT2D eigenvalue weighted by Gasteiger charge is 2.58. The molecule has 6 nitrogen and oxygen atoms in total. The smallest absolute Gasteiger partial charge is 0.345 e. The first-order valence-electron chi connectivity index (χ1n) is 7.62. The number of carbonyl (C=O) groups is 2. The van der Waals surface area contributed by atoms with Gasteiger partial charge in [-0.05, 0) is 29.5 Å². The van der Waals surface area contributed by atoms with Crippen molar-refractivity contribution in [2.24, 2.45) is 0 Å². The molecule has 2 amide bonds. The minimum absolute atomic E-state index is 0.264. The normalized spacial score (nSPS) is 25.0. The number of urea groups is 1. The average molecular weight is 344 g/mol. The predicted molar refractivity (Wildman–Crippen MR) is 87.2 cm³/mol. The number of rotatable bonds is 4. The third-order valence-corrected chi connectivity index (χ3v) is 5.87. The Morgan fingerprint density at radius 2 is 2.12 bits per heavy atom. The van der Waals surface area contributed by atoms with Gasteiger partial charge in [-0.1, -0.05) is 30.3 Å². The average Bonchev–Trinajstić information content (AvgIpc) is 3.17. The van der Waals surface area contributed by atoms with E-state index in [0.717, 1.165) is 11.1 Å². The Bertz CT molecular complexity index is 806. The van der Waals surface area contributed by atoms with Gasteiger partial charge >= 0.3 is 12.0 Å². The zero-order valence-electron chi connectivity index (χ0n) is 13.0. The van der Waals surface area contributed by atoms with E-state index in [2.05, 4.69) is 0 Å². The predicted octanol–water partition coefficient (Wildman–Crippen LogP) is 2.97. The number of nitrogens with zero attached hydrogens (tertiary/aromatic N) is 2. The topological polar surface area (TPSA) is 70.1 Å². The van der Waals surface area contributed by atoms with E-state index >= 15 is 0 Å². The number of hydrogen-bond acceptors (Lipinski definition) is 4. The van der Waals surface area contributed by atoms with Crippen LogP contribution in [0.15, 0.2) is 41.8 Å². The number of benzene rings is 1. The van der Waals surface area contributed by atoms with E-state index in [1.54, 1.807) is 6.92 Å². The molecule has 1 aromatic heterocycles. The summed E-state index contributed by atoms with van der Waals surface area (Å²) in [5, 5.41) is 12.9. The van der Waals surface area contributed by atoms with Gasteiger partial charge in [-0.15, -0.1) is 11.3 Å². The monoisotopic (exact) mass is 344 g/mol. The molecule has 0 unspecified atom stereocenters. The number of thiophene rings is 1. The van der Waals surface area contributed by atoms with E-state index in [1.165, 1.54) is 21.3 Å². The lowest BCUT2D eigenvalue weighted by Crippen LogP contribution is -2.52. The van der Waals surface area contributed by atoms with Crippen LogP contribution in [-0.2, 0) is 21.8 Å². The summed E-state index contributed by atoms with van der Waals surface area (Å²) in [4.78, 5) is 32.5. The quantitative estimate of drug-likeness (QED) is 0.926. The molecule has 4 rings (SSSR count). The summed E-state index contributed by atoms with van der Waals surface area (Å²) in [6.07, 6.45) is 0. The standard InChI is InChI=1S/C17H16N2O4S/c1-17(15(20)21)14-12(7-8-24-14)13-9-18(17)16(22)19(13)23-10-11-5-3-2-4-6-11/h2-8,13H,9-10H2,1H3,(H,20,21)/t13-,17+/m1/s1. The molecular formula is C17H16N2O4S. The highest BCUT2D eigenvalue weighted by Crippen LogP contribution is 2.49. The fourth-order valence-corrected chi connectivity index (χ4v) is 4.47. The fraction of sp³-hybridized carbons (Fsp3) is 0.294. The van der Waals surface area contributed by atoms with E-state index in [9.17, 15) is 14.7 Å². The van der Waals surface area contributed by atoms with Crippen LogP contribution in [-0.4, -0.2) is 33.6 Å². The Morgan fingerprint density at radius 1 is 1.38 bits per heavy atom. The van der Waals surface area contributed by atoms with E-state index in [0.29, 0.717) is 11.4 Å². The first-order valence-corrected chi connectivity index (χ1v) is 8.50.